The van der Waals surface area contributed by atoms with Gasteiger partial charge in [-0.1, -0.05) is 13.8 Å². The van der Waals surface area contributed by atoms with Crippen LogP contribution in [0.5, 0.6) is 11.5 Å². The first kappa shape index (κ1) is 24.8. The van der Waals surface area contributed by atoms with Crippen molar-refractivity contribution in [2.24, 2.45) is 0 Å². The van der Waals surface area contributed by atoms with Crippen LogP contribution in [0.25, 0.3) is 16.8 Å². The van der Waals surface area contributed by atoms with Crippen LogP contribution in [0.15, 0.2) is 59.9 Å². The Hall–Kier alpha value is -3.89. The molecule has 1 aliphatic heterocycles. The van der Waals surface area contributed by atoms with Crippen LogP contribution in [0.1, 0.15) is 19.9 Å². The lowest BCUT2D eigenvalue weighted by molar-refractivity contribution is 0.318. The van der Waals surface area contributed by atoms with Crippen molar-refractivity contribution >= 4 is 17.0 Å². The number of nitrogens with zero attached hydrogens (tertiary/aromatic N) is 5. The highest BCUT2D eigenvalue weighted by atomic mass is 16.5. The van der Waals surface area contributed by atoms with E-state index < -0.39 is 0 Å². The number of benzene rings is 1. The van der Waals surface area contributed by atoms with Crippen molar-refractivity contribution in [1.82, 2.24) is 29.8 Å². The van der Waals surface area contributed by atoms with Gasteiger partial charge >= 0.3 is 0 Å². The van der Waals surface area contributed by atoms with E-state index in [-0.39, 0.29) is 5.56 Å². The van der Waals surface area contributed by atoms with E-state index in [2.05, 4.69) is 39.5 Å². The van der Waals surface area contributed by atoms with Gasteiger partial charge in [-0.3, -0.25) is 13.9 Å². The highest BCUT2D eigenvalue weighted by molar-refractivity contribution is 5.68. The summed E-state index contributed by atoms with van der Waals surface area (Å²) >= 11 is 0. The highest BCUT2D eigenvalue weighted by Gasteiger charge is 2.21. The van der Waals surface area contributed by atoms with Crippen molar-refractivity contribution in [3.8, 4) is 22.6 Å². The summed E-state index contributed by atoms with van der Waals surface area (Å²) in [6.07, 6.45) is 7.14. The minimum Gasteiger partial charge on any atom is -0.497 e. The smallest absolute Gasteiger partial charge is 0.265 e. The SMILES string of the molecule is COc1cc(OC)cc(N(CCNC(C)C)c2ccc3ncc(-c4cnn(C5CNC5)c4)c(=O)n3c2)c1. The van der Waals surface area contributed by atoms with Crippen LogP contribution in [-0.4, -0.2) is 65.6 Å². The molecule has 4 heterocycles. The topological polar surface area (TPSA) is 97.9 Å². The zero-order valence-corrected chi connectivity index (χ0v) is 21.6. The first-order valence-corrected chi connectivity index (χ1v) is 12.5. The first-order chi connectivity index (χ1) is 18.0. The summed E-state index contributed by atoms with van der Waals surface area (Å²) in [5.74, 6) is 1.38. The molecule has 4 aromatic rings. The van der Waals surface area contributed by atoms with Crippen LogP contribution in [0.3, 0.4) is 0 Å². The lowest BCUT2D eigenvalue weighted by Crippen LogP contribution is -2.43. The van der Waals surface area contributed by atoms with Crippen molar-refractivity contribution in [2.45, 2.75) is 25.9 Å². The molecule has 1 fully saturated rings. The number of aromatic nitrogens is 4. The number of anilines is 2. The van der Waals surface area contributed by atoms with Crippen molar-refractivity contribution in [3.05, 3.63) is 65.5 Å². The number of hydrogen-bond donors (Lipinski definition) is 2. The molecule has 0 amide bonds. The van der Waals surface area contributed by atoms with Crippen LogP contribution >= 0.6 is 0 Å². The molecule has 10 nitrogen and oxygen atoms in total. The predicted molar refractivity (Wildman–Crippen MR) is 144 cm³/mol. The molecule has 0 radical (unpaired) electrons. The number of rotatable bonds is 10. The number of ether oxygens (including phenoxy) is 2. The van der Waals surface area contributed by atoms with Crippen LogP contribution in [0.2, 0.25) is 0 Å². The van der Waals surface area contributed by atoms with Crippen molar-refractivity contribution < 1.29 is 9.47 Å². The second-order valence-electron chi connectivity index (χ2n) is 9.44. The van der Waals surface area contributed by atoms with Gasteiger partial charge in [-0.15, -0.1) is 0 Å². The minimum absolute atomic E-state index is 0.137. The maximum atomic E-state index is 13.6. The number of methoxy groups -OCH3 is 2. The third kappa shape index (κ3) is 5.16. The Morgan fingerprint density at radius 3 is 2.49 bits per heavy atom. The molecule has 0 bridgehead atoms. The number of pyridine rings is 1. The molecule has 0 spiro atoms. The highest BCUT2D eigenvalue weighted by Crippen LogP contribution is 2.33. The Morgan fingerprint density at radius 1 is 1.08 bits per heavy atom. The van der Waals surface area contributed by atoms with Gasteiger partial charge in [0.15, 0.2) is 0 Å². The Kier molecular flexibility index (Phi) is 7.11. The Bertz CT molecular complexity index is 1420. The molecule has 5 rings (SSSR count). The molecule has 194 valence electrons. The first-order valence-electron chi connectivity index (χ1n) is 12.5. The summed E-state index contributed by atoms with van der Waals surface area (Å²) < 4.78 is 14.5. The number of hydrogen-bond acceptors (Lipinski definition) is 8. The molecule has 0 aliphatic carbocycles. The van der Waals surface area contributed by atoms with Crippen LogP contribution in [-0.2, 0) is 0 Å². The second-order valence-corrected chi connectivity index (χ2v) is 9.44. The molecule has 1 saturated heterocycles. The Balaban J connectivity index is 1.55. The molecular formula is C27H33N7O3. The molecule has 0 unspecified atom stereocenters. The zero-order valence-electron chi connectivity index (χ0n) is 21.6. The summed E-state index contributed by atoms with van der Waals surface area (Å²) in [6, 6.07) is 10.3. The largest absolute Gasteiger partial charge is 0.497 e. The fraction of sp³-hybridized carbons (Fsp3) is 0.370. The van der Waals surface area contributed by atoms with E-state index in [0.717, 1.165) is 36.6 Å². The van der Waals surface area contributed by atoms with E-state index in [1.54, 1.807) is 31.0 Å². The molecule has 10 heteroatoms. The Labute approximate surface area is 215 Å². The lowest BCUT2D eigenvalue weighted by atomic mass is 10.1. The van der Waals surface area contributed by atoms with Crippen molar-refractivity contribution in [3.63, 3.8) is 0 Å². The van der Waals surface area contributed by atoms with Gasteiger partial charge in [0.05, 0.1) is 37.7 Å². The van der Waals surface area contributed by atoms with Gasteiger partial charge in [0.1, 0.15) is 17.1 Å². The van der Waals surface area contributed by atoms with E-state index in [9.17, 15) is 4.79 Å². The summed E-state index contributed by atoms with van der Waals surface area (Å²) in [7, 11) is 3.27. The summed E-state index contributed by atoms with van der Waals surface area (Å²) in [4.78, 5) is 20.3. The molecule has 0 atom stereocenters. The third-order valence-electron chi connectivity index (χ3n) is 6.58. The summed E-state index contributed by atoms with van der Waals surface area (Å²) in [5.41, 5.74) is 3.47. The van der Waals surface area contributed by atoms with Gasteiger partial charge in [-0.25, -0.2) is 4.98 Å². The summed E-state index contributed by atoms with van der Waals surface area (Å²) in [6.45, 7) is 7.42. The van der Waals surface area contributed by atoms with Crippen LogP contribution in [0.4, 0.5) is 11.4 Å². The maximum absolute atomic E-state index is 13.6. The van der Waals surface area contributed by atoms with Gasteiger partial charge in [0.25, 0.3) is 5.56 Å². The molecule has 3 aromatic heterocycles. The van der Waals surface area contributed by atoms with Gasteiger partial charge in [0, 0.05) is 80.3 Å². The summed E-state index contributed by atoms with van der Waals surface area (Å²) in [5, 5.41) is 11.2. The van der Waals surface area contributed by atoms with E-state index >= 15 is 0 Å². The molecule has 1 aromatic carbocycles. The van der Waals surface area contributed by atoms with E-state index in [1.807, 2.05) is 47.4 Å². The average Bonchev–Trinajstić information content (AvgIpc) is 3.34. The van der Waals surface area contributed by atoms with E-state index in [4.69, 9.17) is 9.47 Å². The average molecular weight is 504 g/mol. The van der Waals surface area contributed by atoms with Crippen LogP contribution < -0.4 is 30.6 Å². The second kappa shape index (κ2) is 10.6. The molecule has 2 N–H and O–H groups in total. The minimum atomic E-state index is -0.137. The quantitative estimate of drug-likeness (QED) is 0.341. The van der Waals surface area contributed by atoms with E-state index in [1.165, 1.54) is 0 Å². The molecule has 1 aliphatic rings. The number of fused-ring (bicyclic) bond motifs is 1. The Morgan fingerprint density at radius 2 is 1.84 bits per heavy atom. The monoisotopic (exact) mass is 503 g/mol. The fourth-order valence-electron chi connectivity index (χ4n) is 4.38. The fourth-order valence-corrected chi connectivity index (χ4v) is 4.38. The zero-order chi connectivity index (χ0) is 25.9. The number of nitrogens with one attached hydrogen (secondary N) is 2. The van der Waals surface area contributed by atoms with Gasteiger partial charge < -0.3 is 25.0 Å². The van der Waals surface area contributed by atoms with Crippen molar-refractivity contribution in [2.75, 3.05) is 45.3 Å². The standard InChI is InChI=1S/C27H33N7O3/c1-18(2)29-7-8-32(21-9-23(36-3)11-24(10-21)37-4)20-5-6-26-30-15-25(27(35)33(26)17-20)19-12-31-34(16-19)22-13-28-14-22/h5-6,9-12,15-18,22,28-29H,7-8,13-14H2,1-4H3. The van der Waals surface area contributed by atoms with E-state index in [0.29, 0.717) is 41.3 Å². The van der Waals surface area contributed by atoms with Crippen molar-refractivity contribution in [1.29, 1.82) is 0 Å². The molecule has 37 heavy (non-hydrogen) atoms. The lowest BCUT2D eigenvalue weighted by Gasteiger charge is -2.27. The van der Waals surface area contributed by atoms with Gasteiger partial charge in [-0.05, 0) is 12.1 Å². The molecule has 0 saturated carbocycles. The third-order valence-corrected chi connectivity index (χ3v) is 6.58. The normalized spacial score (nSPS) is 13.6. The maximum Gasteiger partial charge on any atom is 0.265 e. The van der Waals surface area contributed by atoms with Crippen LogP contribution in [0, 0.1) is 0 Å². The van der Waals surface area contributed by atoms with Gasteiger partial charge in [-0.2, -0.15) is 5.10 Å². The molecular weight excluding hydrogens is 470 g/mol. The predicted octanol–water partition coefficient (Wildman–Crippen LogP) is 2.86. The van der Waals surface area contributed by atoms with Gasteiger partial charge in [0.2, 0.25) is 0 Å².